The van der Waals surface area contributed by atoms with Crippen molar-refractivity contribution in [2.45, 2.75) is 44.6 Å². The second-order valence-corrected chi connectivity index (χ2v) is 7.47. The third kappa shape index (κ3) is 2.69. The third-order valence-corrected chi connectivity index (χ3v) is 6.05. The van der Waals surface area contributed by atoms with Crippen molar-refractivity contribution in [2.75, 3.05) is 25.2 Å². The van der Waals surface area contributed by atoms with Crippen molar-refractivity contribution in [3.63, 3.8) is 0 Å². The monoisotopic (exact) mass is 296 g/mol. The highest BCUT2D eigenvalue weighted by atomic mass is 32.2. The second-order valence-electron chi connectivity index (χ2n) is 6.47. The molecule has 1 saturated heterocycles. The lowest BCUT2D eigenvalue weighted by Gasteiger charge is -2.35. The molecule has 5 heteroatoms. The van der Waals surface area contributed by atoms with E-state index in [1.165, 1.54) is 19.3 Å². The molecule has 3 aliphatic rings. The molecule has 3 fully saturated rings. The van der Waals surface area contributed by atoms with E-state index in [0.717, 1.165) is 31.6 Å². The van der Waals surface area contributed by atoms with Gasteiger partial charge in [0.2, 0.25) is 11.8 Å². The maximum absolute atomic E-state index is 12.6. The fraction of sp³-hybridized carbons (Fsp3) is 0.867. The number of hydrogen-bond donors (Lipinski definition) is 0. The molecule has 0 bridgehead atoms. The summed E-state index contributed by atoms with van der Waals surface area (Å²) in [6.07, 6.45) is 7.00. The van der Waals surface area contributed by atoms with Gasteiger partial charge < -0.3 is 9.80 Å². The van der Waals surface area contributed by atoms with Crippen LogP contribution < -0.4 is 0 Å². The fourth-order valence-electron chi connectivity index (χ4n) is 3.16. The van der Waals surface area contributed by atoms with Gasteiger partial charge in [-0.3, -0.25) is 9.59 Å². The summed E-state index contributed by atoms with van der Waals surface area (Å²) in [5.41, 5.74) is 0. The maximum Gasteiger partial charge on any atom is 0.246 e. The number of carbonyl (C=O) groups is 2. The number of thioether (sulfide) groups is 1. The Labute approximate surface area is 125 Å². The highest BCUT2D eigenvalue weighted by Crippen LogP contribution is 2.33. The van der Waals surface area contributed by atoms with Gasteiger partial charge in [0.1, 0.15) is 6.04 Å². The quantitative estimate of drug-likeness (QED) is 0.796. The maximum atomic E-state index is 12.6. The molecule has 20 heavy (non-hydrogen) atoms. The van der Waals surface area contributed by atoms with Crippen LogP contribution in [0.4, 0.5) is 0 Å². The summed E-state index contributed by atoms with van der Waals surface area (Å²) in [6.45, 7) is 0.867. The van der Waals surface area contributed by atoms with Crippen molar-refractivity contribution in [1.82, 2.24) is 9.80 Å². The van der Waals surface area contributed by atoms with Crippen LogP contribution >= 0.6 is 11.8 Å². The number of rotatable bonds is 4. The third-order valence-electron chi connectivity index (χ3n) is 5.04. The normalized spacial score (nSPS) is 27.1. The highest BCUT2D eigenvalue weighted by Gasteiger charge is 2.40. The number of nitrogens with zero attached hydrogens (tertiary/aromatic N) is 2. The lowest BCUT2D eigenvalue weighted by Crippen LogP contribution is -2.51. The van der Waals surface area contributed by atoms with Gasteiger partial charge in [-0.15, -0.1) is 11.8 Å². The molecule has 0 aromatic rings. The molecule has 1 heterocycles. The fourth-order valence-corrected chi connectivity index (χ4v) is 4.32. The van der Waals surface area contributed by atoms with E-state index in [9.17, 15) is 9.59 Å². The Morgan fingerprint density at radius 3 is 2.45 bits per heavy atom. The zero-order valence-electron chi connectivity index (χ0n) is 12.2. The minimum absolute atomic E-state index is 0.148. The Balaban J connectivity index is 1.58. The van der Waals surface area contributed by atoms with Gasteiger partial charge >= 0.3 is 0 Å². The predicted octanol–water partition coefficient (Wildman–Crippen LogP) is 1.95. The summed E-state index contributed by atoms with van der Waals surface area (Å²) in [6, 6.07) is -0.210. The van der Waals surface area contributed by atoms with E-state index in [0.29, 0.717) is 11.8 Å². The van der Waals surface area contributed by atoms with E-state index in [1.807, 2.05) is 16.8 Å². The molecule has 0 aromatic heterocycles. The Morgan fingerprint density at radius 2 is 1.90 bits per heavy atom. The smallest absolute Gasteiger partial charge is 0.246 e. The first-order valence-corrected chi connectivity index (χ1v) is 8.95. The summed E-state index contributed by atoms with van der Waals surface area (Å²) in [5, 5.41) is 0. The summed E-state index contributed by atoms with van der Waals surface area (Å²) in [5.74, 6) is 2.72. The van der Waals surface area contributed by atoms with E-state index < -0.39 is 0 Å². The SMILES string of the molecule is CN(CC1CCC1)C(=O)C1CSCN1C(=O)C1CCC1. The predicted molar refractivity (Wildman–Crippen MR) is 80.3 cm³/mol. The van der Waals surface area contributed by atoms with Gasteiger partial charge in [-0.05, 0) is 31.6 Å². The molecular weight excluding hydrogens is 272 g/mol. The van der Waals surface area contributed by atoms with Gasteiger partial charge in [-0.1, -0.05) is 12.8 Å². The molecule has 0 spiro atoms. The summed E-state index contributed by atoms with van der Waals surface area (Å²) < 4.78 is 0. The van der Waals surface area contributed by atoms with Crippen molar-refractivity contribution < 1.29 is 9.59 Å². The minimum atomic E-state index is -0.210. The van der Waals surface area contributed by atoms with Crippen LogP contribution in [-0.2, 0) is 9.59 Å². The van der Waals surface area contributed by atoms with Gasteiger partial charge in [-0.25, -0.2) is 0 Å². The van der Waals surface area contributed by atoms with Crippen LogP contribution in [0.25, 0.3) is 0 Å². The average Bonchev–Trinajstić information content (AvgIpc) is 2.79. The molecule has 1 unspecified atom stereocenters. The molecule has 0 radical (unpaired) electrons. The first-order chi connectivity index (χ1) is 9.66. The topological polar surface area (TPSA) is 40.6 Å². The number of hydrogen-bond acceptors (Lipinski definition) is 3. The molecule has 4 nitrogen and oxygen atoms in total. The van der Waals surface area contributed by atoms with E-state index in [2.05, 4.69) is 0 Å². The van der Waals surface area contributed by atoms with Gasteiger partial charge in [0.15, 0.2) is 0 Å². The summed E-state index contributed by atoms with van der Waals surface area (Å²) in [7, 11) is 1.90. The zero-order valence-corrected chi connectivity index (χ0v) is 13.0. The molecule has 3 rings (SSSR count). The average molecular weight is 296 g/mol. The van der Waals surface area contributed by atoms with Crippen molar-refractivity contribution in [3.05, 3.63) is 0 Å². The van der Waals surface area contributed by atoms with E-state index in [-0.39, 0.29) is 23.8 Å². The number of carbonyl (C=O) groups excluding carboxylic acids is 2. The molecular formula is C15H24N2O2S. The lowest BCUT2D eigenvalue weighted by atomic mass is 9.84. The van der Waals surface area contributed by atoms with Crippen LogP contribution in [0.5, 0.6) is 0 Å². The van der Waals surface area contributed by atoms with Crippen LogP contribution in [0.1, 0.15) is 38.5 Å². The number of amides is 2. The van der Waals surface area contributed by atoms with E-state index in [4.69, 9.17) is 0 Å². The molecule has 2 saturated carbocycles. The van der Waals surface area contributed by atoms with Crippen LogP contribution in [0, 0.1) is 11.8 Å². The van der Waals surface area contributed by atoms with E-state index in [1.54, 1.807) is 11.8 Å². The van der Waals surface area contributed by atoms with Crippen molar-refractivity contribution in [3.8, 4) is 0 Å². The van der Waals surface area contributed by atoms with E-state index >= 15 is 0 Å². The Morgan fingerprint density at radius 1 is 1.20 bits per heavy atom. The number of likely N-dealkylation sites (N-methyl/N-ethyl adjacent to an activating group) is 1. The summed E-state index contributed by atoms with van der Waals surface area (Å²) in [4.78, 5) is 28.7. The van der Waals surface area contributed by atoms with Gasteiger partial charge in [-0.2, -0.15) is 0 Å². The van der Waals surface area contributed by atoms with Crippen LogP contribution in [-0.4, -0.2) is 52.9 Å². The Kier molecular flexibility index (Phi) is 4.24. The Hall–Kier alpha value is -0.710. The molecule has 0 N–H and O–H groups in total. The van der Waals surface area contributed by atoms with Crippen molar-refractivity contribution in [1.29, 1.82) is 0 Å². The van der Waals surface area contributed by atoms with Crippen molar-refractivity contribution in [2.24, 2.45) is 11.8 Å². The highest BCUT2D eigenvalue weighted by molar-refractivity contribution is 7.99. The van der Waals surface area contributed by atoms with Crippen LogP contribution in [0.3, 0.4) is 0 Å². The largest absolute Gasteiger partial charge is 0.344 e. The minimum Gasteiger partial charge on any atom is -0.344 e. The first kappa shape index (κ1) is 14.2. The van der Waals surface area contributed by atoms with Crippen molar-refractivity contribution >= 4 is 23.6 Å². The lowest BCUT2D eigenvalue weighted by molar-refractivity contribution is -0.146. The standard InChI is InChI=1S/C15H24N2O2S/c1-16(8-11-4-2-5-11)15(19)13-9-20-10-17(13)14(18)12-6-3-7-12/h11-13H,2-10H2,1H3. The van der Waals surface area contributed by atoms with Gasteiger partial charge in [0.05, 0.1) is 5.88 Å². The van der Waals surface area contributed by atoms with Gasteiger partial charge in [0, 0.05) is 25.3 Å². The second kappa shape index (κ2) is 5.96. The molecule has 2 aliphatic carbocycles. The van der Waals surface area contributed by atoms with Crippen LogP contribution in [0.2, 0.25) is 0 Å². The zero-order chi connectivity index (χ0) is 14.1. The molecule has 112 valence electrons. The Bertz CT molecular complexity index is 393. The molecule has 0 aromatic carbocycles. The molecule has 1 atom stereocenters. The molecule has 1 aliphatic heterocycles. The van der Waals surface area contributed by atoms with Gasteiger partial charge in [0.25, 0.3) is 0 Å². The van der Waals surface area contributed by atoms with Crippen LogP contribution in [0.15, 0.2) is 0 Å². The molecule has 2 amide bonds. The first-order valence-electron chi connectivity index (χ1n) is 7.80. The summed E-state index contributed by atoms with van der Waals surface area (Å²) >= 11 is 1.71.